The summed E-state index contributed by atoms with van der Waals surface area (Å²) in [6.45, 7) is 7.63. The molecule has 1 aromatic carbocycles. The number of fused-ring (bicyclic) bond motifs is 1. The molecule has 1 aliphatic rings. The van der Waals surface area contributed by atoms with Crippen LogP contribution in [0, 0.1) is 0 Å². The van der Waals surface area contributed by atoms with Crippen molar-refractivity contribution in [3.05, 3.63) is 58.7 Å². The second kappa shape index (κ2) is 6.60. The van der Waals surface area contributed by atoms with E-state index in [4.69, 9.17) is 4.74 Å². The van der Waals surface area contributed by atoms with Crippen LogP contribution in [0.25, 0.3) is 0 Å². The van der Waals surface area contributed by atoms with Crippen molar-refractivity contribution in [2.45, 2.75) is 32.7 Å². The van der Waals surface area contributed by atoms with Crippen LogP contribution in [-0.2, 0) is 16.0 Å². The fourth-order valence-corrected chi connectivity index (χ4v) is 2.66. The van der Waals surface area contributed by atoms with Crippen LogP contribution in [0.1, 0.15) is 47.8 Å². The lowest BCUT2D eigenvalue weighted by atomic mass is 10.0. The number of esters is 1. The number of aryl methyl sites for hydroxylation is 1. The maximum atomic E-state index is 12.2. The fourth-order valence-electron chi connectivity index (χ4n) is 2.66. The number of hydrogen-bond acceptors (Lipinski definition) is 3. The third-order valence-corrected chi connectivity index (χ3v) is 3.70. The van der Waals surface area contributed by atoms with Crippen LogP contribution in [0.4, 0.5) is 0 Å². The first kappa shape index (κ1) is 16.0. The summed E-state index contributed by atoms with van der Waals surface area (Å²) in [4.78, 5) is 23.8. The molecule has 1 atom stereocenters. The van der Waals surface area contributed by atoms with Gasteiger partial charge in [-0.25, -0.2) is 4.79 Å². The first-order valence-electron chi connectivity index (χ1n) is 7.28. The van der Waals surface area contributed by atoms with Gasteiger partial charge in [-0.2, -0.15) is 0 Å². The van der Waals surface area contributed by atoms with E-state index in [-0.39, 0.29) is 17.9 Å². The van der Waals surface area contributed by atoms with Crippen molar-refractivity contribution in [2.75, 3.05) is 7.11 Å². The lowest BCUT2D eigenvalue weighted by Crippen LogP contribution is -2.27. The number of rotatable bonds is 4. The number of amides is 1. The van der Waals surface area contributed by atoms with Gasteiger partial charge in [-0.15, -0.1) is 0 Å². The topological polar surface area (TPSA) is 55.4 Å². The zero-order chi connectivity index (χ0) is 16.3. The van der Waals surface area contributed by atoms with Crippen molar-refractivity contribution in [1.29, 1.82) is 0 Å². The van der Waals surface area contributed by atoms with Gasteiger partial charge in [-0.3, -0.25) is 4.79 Å². The van der Waals surface area contributed by atoms with E-state index < -0.39 is 0 Å². The molecule has 0 heterocycles. The van der Waals surface area contributed by atoms with Gasteiger partial charge in [0.05, 0.1) is 18.7 Å². The smallest absolute Gasteiger partial charge is 0.337 e. The molecule has 22 heavy (non-hydrogen) atoms. The van der Waals surface area contributed by atoms with Crippen molar-refractivity contribution in [3.63, 3.8) is 0 Å². The highest BCUT2D eigenvalue weighted by atomic mass is 16.5. The number of ether oxygens (including phenoxy) is 1. The zero-order valence-electron chi connectivity index (χ0n) is 13.2. The van der Waals surface area contributed by atoms with E-state index in [0.717, 1.165) is 29.5 Å². The van der Waals surface area contributed by atoms with Gasteiger partial charge in [0.1, 0.15) is 0 Å². The normalized spacial score (nSPS) is 15.7. The van der Waals surface area contributed by atoms with Gasteiger partial charge in [0.25, 0.3) is 5.91 Å². The number of hydrogen-bond donors (Lipinski definition) is 1. The van der Waals surface area contributed by atoms with Crippen molar-refractivity contribution in [2.24, 2.45) is 0 Å². The van der Waals surface area contributed by atoms with E-state index in [9.17, 15) is 9.59 Å². The highest BCUT2D eigenvalue weighted by molar-refractivity contribution is 5.96. The largest absolute Gasteiger partial charge is 0.465 e. The maximum Gasteiger partial charge on any atom is 0.337 e. The molecular formula is C18H21NO3. The lowest BCUT2D eigenvalue weighted by Gasteiger charge is -2.15. The van der Waals surface area contributed by atoms with Gasteiger partial charge in [-0.1, -0.05) is 24.3 Å². The highest BCUT2D eigenvalue weighted by Gasteiger charge is 2.25. The van der Waals surface area contributed by atoms with Crippen molar-refractivity contribution < 1.29 is 14.3 Å². The summed E-state index contributed by atoms with van der Waals surface area (Å²) in [7, 11) is 1.36. The molecule has 0 saturated heterocycles. The van der Waals surface area contributed by atoms with Crippen LogP contribution in [0.3, 0.4) is 0 Å². The van der Waals surface area contributed by atoms with Gasteiger partial charge in [0, 0.05) is 5.57 Å². The van der Waals surface area contributed by atoms with Crippen molar-refractivity contribution in [3.8, 4) is 0 Å². The number of nitrogens with one attached hydrogen (secondary N) is 1. The molecule has 0 spiro atoms. The Morgan fingerprint density at radius 2 is 2.09 bits per heavy atom. The molecule has 1 aromatic rings. The SMILES string of the molecule is C=C(C=C(C)C)C(=O)NC1CCc2ccc(C(=O)OC)cc21. The maximum absolute atomic E-state index is 12.2. The van der Waals surface area contributed by atoms with Crippen LogP contribution < -0.4 is 5.32 Å². The first-order valence-corrected chi connectivity index (χ1v) is 7.28. The highest BCUT2D eigenvalue weighted by Crippen LogP contribution is 2.32. The zero-order valence-corrected chi connectivity index (χ0v) is 13.2. The van der Waals surface area contributed by atoms with Crippen molar-refractivity contribution in [1.82, 2.24) is 5.32 Å². The van der Waals surface area contributed by atoms with E-state index in [1.807, 2.05) is 26.0 Å². The van der Waals surface area contributed by atoms with E-state index >= 15 is 0 Å². The quantitative estimate of drug-likeness (QED) is 0.528. The molecule has 0 radical (unpaired) electrons. The molecule has 0 fully saturated rings. The minimum Gasteiger partial charge on any atom is -0.465 e. The minimum absolute atomic E-state index is 0.0885. The first-order chi connectivity index (χ1) is 10.4. The van der Waals surface area contributed by atoms with Gasteiger partial charge in [0.15, 0.2) is 0 Å². The van der Waals surface area contributed by atoms with E-state index in [1.54, 1.807) is 12.1 Å². The summed E-state index contributed by atoms with van der Waals surface area (Å²) >= 11 is 0. The van der Waals surface area contributed by atoms with Crippen molar-refractivity contribution >= 4 is 11.9 Å². The molecule has 2 rings (SSSR count). The summed E-state index contributed by atoms with van der Waals surface area (Å²) in [6, 6.07) is 5.41. The van der Waals surface area contributed by atoms with Gasteiger partial charge < -0.3 is 10.1 Å². The molecule has 1 amide bonds. The average molecular weight is 299 g/mol. The minimum atomic E-state index is -0.367. The number of carbonyl (C=O) groups is 2. The van der Waals surface area contributed by atoms with Crippen LogP contribution >= 0.6 is 0 Å². The average Bonchev–Trinajstić information content (AvgIpc) is 2.88. The monoisotopic (exact) mass is 299 g/mol. The number of methoxy groups -OCH3 is 1. The Balaban J connectivity index is 2.17. The third-order valence-electron chi connectivity index (χ3n) is 3.70. The third kappa shape index (κ3) is 3.45. The molecule has 1 unspecified atom stereocenters. The summed E-state index contributed by atoms with van der Waals surface area (Å²) in [6.07, 6.45) is 3.47. The molecule has 116 valence electrons. The Morgan fingerprint density at radius 3 is 2.73 bits per heavy atom. The van der Waals surface area contributed by atoms with Gasteiger partial charge in [-0.05, 0) is 49.9 Å². The predicted molar refractivity (Wildman–Crippen MR) is 85.6 cm³/mol. The molecule has 0 saturated carbocycles. The van der Waals surface area contributed by atoms with E-state index in [1.165, 1.54) is 7.11 Å². The molecule has 4 nitrogen and oxygen atoms in total. The molecule has 4 heteroatoms. The molecule has 0 aromatic heterocycles. The molecule has 1 N–H and O–H groups in total. The summed E-state index contributed by atoms with van der Waals surface area (Å²) in [5.74, 6) is -0.545. The number of benzene rings is 1. The Labute approximate surface area is 130 Å². The van der Waals surface area contributed by atoms with Crippen LogP contribution in [0.15, 0.2) is 42.0 Å². The Morgan fingerprint density at radius 1 is 1.36 bits per heavy atom. The second-order valence-electron chi connectivity index (χ2n) is 5.72. The Bertz CT molecular complexity index is 654. The number of allylic oxidation sites excluding steroid dienone is 1. The summed E-state index contributed by atoms with van der Waals surface area (Å²) in [5.41, 5.74) is 4.12. The standard InChI is InChI=1S/C18H21NO3/c1-11(2)9-12(3)17(20)19-16-8-7-13-5-6-14(10-15(13)16)18(21)22-4/h5-6,9-10,16H,3,7-8H2,1-2,4H3,(H,19,20). The van der Waals surface area contributed by atoms with Crippen LogP contribution in [0.5, 0.6) is 0 Å². The molecule has 1 aliphatic carbocycles. The van der Waals surface area contributed by atoms with E-state index in [2.05, 4.69) is 11.9 Å². The van der Waals surface area contributed by atoms with Gasteiger partial charge >= 0.3 is 5.97 Å². The Kier molecular flexibility index (Phi) is 4.81. The number of carbonyl (C=O) groups excluding carboxylic acids is 2. The summed E-state index contributed by atoms with van der Waals surface area (Å²) < 4.78 is 4.75. The molecule has 0 bridgehead atoms. The predicted octanol–water partition coefficient (Wildman–Crippen LogP) is 3.10. The molecule has 0 aliphatic heterocycles. The lowest BCUT2D eigenvalue weighted by molar-refractivity contribution is -0.117. The Hall–Kier alpha value is -2.36. The van der Waals surface area contributed by atoms with E-state index in [0.29, 0.717) is 11.1 Å². The van der Waals surface area contributed by atoms with Gasteiger partial charge in [0.2, 0.25) is 0 Å². The fraction of sp³-hybridized carbons (Fsp3) is 0.333. The second-order valence-corrected chi connectivity index (χ2v) is 5.72. The van der Waals surface area contributed by atoms with Crippen LogP contribution in [-0.4, -0.2) is 19.0 Å². The molecular weight excluding hydrogens is 278 g/mol. The summed E-state index contributed by atoms with van der Waals surface area (Å²) in [5, 5.41) is 2.99. The van der Waals surface area contributed by atoms with Crippen LogP contribution in [0.2, 0.25) is 0 Å².